The summed E-state index contributed by atoms with van der Waals surface area (Å²) in [7, 11) is 0. The maximum absolute atomic E-state index is 12.0. The molecule has 2 aromatic rings. The van der Waals surface area contributed by atoms with Crippen molar-refractivity contribution in [3.8, 4) is 0 Å². The third kappa shape index (κ3) is 4.02. The van der Waals surface area contributed by atoms with Crippen LogP contribution >= 0.6 is 0 Å². The number of aromatic nitrogens is 2. The molecule has 0 bridgehead atoms. The van der Waals surface area contributed by atoms with Gasteiger partial charge in [0, 0.05) is 18.3 Å². The molecule has 0 aliphatic heterocycles. The molecular formula is C17H23N3O. The summed E-state index contributed by atoms with van der Waals surface area (Å²) in [6.45, 7) is 7.49. The van der Waals surface area contributed by atoms with Gasteiger partial charge < -0.3 is 5.32 Å². The molecule has 4 heteroatoms. The zero-order valence-corrected chi connectivity index (χ0v) is 13.0. The second-order valence-corrected chi connectivity index (χ2v) is 5.23. The van der Waals surface area contributed by atoms with Gasteiger partial charge in [-0.05, 0) is 31.0 Å². The summed E-state index contributed by atoms with van der Waals surface area (Å²) >= 11 is 0. The van der Waals surface area contributed by atoms with Crippen LogP contribution in [0.4, 0.5) is 0 Å². The first-order valence-corrected chi connectivity index (χ1v) is 7.49. The van der Waals surface area contributed by atoms with E-state index in [2.05, 4.69) is 48.4 Å². The summed E-state index contributed by atoms with van der Waals surface area (Å²) in [5.41, 5.74) is 3.27. The lowest BCUT2D eigenvalue weighted by Crippen LogP contribution is -2.30. The maximum Gasteiger partial charge on any atom is 0.253 e. The third-order valence-corrected chi connectivity index (χ3v) is 3.64. The second kappa shape index (κ2) is 7.18. The third-order valence-electron chi connectivity index (χ3n) is 3.64. The summed E-state index contributed by atoms with van der Waals surface area (Å²) in [4.78, 5) is 16.2. The van der Waals surface area contributed by atoms with E-state index in [0.717, 1.165) is 18.7 Å². The van der Waals surface area contributed by atoms with Crippen molar-refractivity contribution in [2.45, 2.75) is 39.8 Å². The molecule has 0 amide bonds. The largest absolute Gasteiger partial charge is 0.309 e. The van der Waals surface area contributed by atoms with E-state index in [-0.39, 0.29) is 11.6 Å². The van der Waals surface area contributed by atoms with Crippen LogP contribution in [-0.2, 0) is 13.0 Å². The smallest absolute Gasteiger partial charge is 0.253 e. The minimum absolute atomic E-state index is 0.00409. The molecule has 0 radical (unpaired) electrons. The van der Waals surface area contributed by atoms with Crippen LogP contribution in [0.2, 0.25) is 0 Å². The Balaban J connectivity index is 2.23. The number of likely N-dealkylation sites (N-methyl/N-ethyl adjacent to an activating group) is 1. The Labute approximate surface area is 125 Å². The minimum Gasteiger partial charge on any atom is -0.309 e. The fourth-order valence-corrected chi connectivity index (χ4v) is 2.37. The number of nitrogens with zero attached hydrogens (tertiary/aromatic N) is 2. The van der Waals surface area contributed by atoms with Crippen molar-refractivity contribution in [2.24, 2.45) is 0 Å². The summed E-state index contributed by atoms with van der Waals surface area (Å²) in [5, 5.41) is 3.44. The van der Waals surface area contributed by atoms with Gasteiger partial charge in [-0.1, -0.05) is 38.1 Å². The number of rotatable bonds is 6. The highest BCUT2D eigenvalue weighted by Gasteiger charge is 2.12. The van der Waals surface area contributed by atoms with Gasteiger partial charge >= 0.3 is 0 Å². The molecule has 0 aliphatic carbocycles. The normalized spacial score (nSPS) is 12.3. The van der Waals surface area contributed by atoms with Crippen LogP contribution in [0.1, 0.15) is 36.7 Å². The molecule has 0 fully saturated rings. The number of hydrogen-bond donors (Lipinski definition) is 1. The molecule has 1 unspecified atom stereocenters. The number of hydrogen-bond acceptors (Lipinski definition) is 3. The highest BCUT2D eigenvalue weighted by molar-refractivity contribution is 5.25. The number of aryl methyl sites for hydroxylation is 2. The van der Waals surface area contributed by atoms with Gasteiger partial charge in [-0.15, -0.1) is 0 Å². The van der Waals surface area contributed by atoms with E-state index >= 15 is 0 Å². The molecular weight excluding hydrogens is 262 g/mol. The number of nitrogens with one attached hydrogen (secondary N) is 1. The predicted molar refractivity (Wildman–Crippen MR) is 85.5 cm³/mol. The standard InChI is InChI=1S/C17H23N3O/c1-4-14-6-8-15(9-7-14)16(18-5-2)11-20-12-19-13(3)10-17(20)21/h6-10,12,16,18H,4-5,11H2,1-3H3. The quantitative estimate of drug-likeness (QED) is 0.887. The molecule has 2 rings (SSSR count). The van der Waals surface area contributed by atoms with Gasteiger partial charge in [-0.2, -0.15) is 0 Å². The van der Waals surface area contributed by atoms with E-state index in [1.54, 1.807) is 17.0 Å². The van der Waals surface area contributed by atoms with Crippen molar-refractivity contribution in [3.05, 3.63) is 63.8 Å². The van der Waals surface area contributed by atoms with Crippen LogP contribution < -0.4 is 10.9 Å². The van der Waals surface area contributed by atoms with Gasteiger partial charge in [0.1, 0.15) is 0 Å². The fourth-order valence-electron chi connectivity index (χ4n) is 2.37. The molecule has 4 nitrogen and oxygen atoms in total. The van der Waals surface area contributed by atoms with Gasteiger partial charge in [-0.3, -0.25) is 9.36 Å². The first kappa shape index (κ1) is 15.4. The molecule has 0 saturated heterocycles. The van der Waals surface area contributed by atoms with Crippen molar-refractivity contribution in [3.63, 3.8) is 0 Å². The SMILES string of the molecule is CCNC(Cn1cnc(C)cc1=O)c1ccc(CC)cc1. The molecule has 0 aliphatic rings. The van der Waals surface area contributed by atoms with E-state index in [1.165, 1.54) is 11.1 Å². The zero-order valence-electron chi connectivity index (χ0n) is 13.0. The molecule has 112 valence electrons. The molecule has 1 aromatic carbocycles. The highest BCUT2D eigenvalue weighted by atomic mass is 16.1. The van der Waals surface area contributed by atoms with E-state index in [1.807, 2.05) is 6.92 Å². The fraction of sp³-hybridized carbons (Fsp3) is 0.412. The Hall–Kier alpha value is -1.94. The molecule has 1 heterocycles. The van der Waals surface area contributed by atoms with Gasteiger partial charge in [0.25, 0.3) is 5.56 Å². The summed E-state index contributed by atoms with van der Waals surface area (Å²) < 4.78 is 1.66. The van der Waals surface area contributed by atoms with Crippen LogP contribution in [0, 0.1) is 6.92 Å². The Morgan fingerprint density at radius 2 is 1.95 bits per heavy atom. The Bertz CT molecular complexity index is 631. The highest BCUT2D eigenvalue weighted by Crippen LogP contribution is 2.16. The topological polar surface area (TPSA) is 46.9 Å². The van der Waals surface area contributed by atoms with Crippen molar-refractivity contribution >= 4 is 0 Å². The minimum atomic E-state index is -0.00409. The van der Waals surface area contributed by atoms with Crippen molar-refractivity contribution in [2.75, 3.05) is 6.54 Å². The predicted octanol–water partition coefficient (Wildman–Crippen LogP) is 2.46. The van der Waals surface area contributed by atoms with Crippen molar-refractivity contribution < 1.29 is 0 Å². The van der Waals surface area contributed by atoms with Crippen LogP contribution in [0.5, 0.6) is 0 Å². The first-order valence-electron chi connectivity index (χ1n) is 7.49. The Morgan fingerprint density at radius 3 is 2.52 bits per heavy atom. The van der Waals surface area contributed by atoms with Crippen molar-refractivity contribution in [1.82, 2.24) is 14.9 Å². The average Bonchev–Trinajstić information content (AvgIpc) is 2.49. The molecule has 0 spiro atoms. The van der Waals surface area contributed by atoms with E-state index < -0.39 is 0 Å². The summed E-state index contributed by atoms with van der Waals surface area (Å²) in [6, 6.07) is 10.3. The second-order valence-electron chi connectivity index (χ2n) is 5.23. The Kier molecular flexibility index (Phi) is 5.28. The average molecular weight is 285 g/mol. The van der Waals surface area contributed by atoms with E-state index in [0.29, 0.717) is 6.54 Å². The van der Waals surface area contributed by atoms with Crippen LogP contribution in [0.3, 0.4) is 0 Å². The van der Waals surface area contributed by atoms with E-state index in [9.17, 15) is 4.79 Å². The van der Waals surface area contributed by atoms with Crippen LogP contribution in [-0.4, -0.2) is 16.1 Å². The first-order chi connectivity index (χ1) is 10.1. The zero-order chi connectivity index (χ0) is 15.2. The van der Waals surface area contributed by atoms with Crippen molar-refractivity contribution in [1.29, 1.82) is 0 Å². The lowest BCUT2D eigenvalue weighted by molar-refractivity contribution is 0.463. The maximum atomic E-state index is 12.0. The summed E-state index contributed by atoms with van der Waals surface area (Å²) in [6.07, 6.45) is 2.66. The summed E-state index contributed by atoms with van der Waals surface area (Å²) in [5.74, 6) is 0. The molecule has 1 aromatic heterocycles. The Morgan fingerprint density at radius 1 is 1.24 bits per heavy atom. The molecule has 21 heavy (non-hydrogen) atoms. The van der Waals surface area contributed by atoms with Gasteiger partial charge in [0.05, 0.1) is 12.4 Å². The van der Waals surface area contributed by atoms with Crippen LogP contribution in [0.15, 0.2) is 41.5 Å². The van der Waals surface area contributed by atoms with Crippen LogP contribution in [0.25, 0.3) is 0 Å². The van der Waals surface area contributed by atoms with Gasteiger partial charge in [0.2, 0.25) is 0 Å². The number of benzene rings is 1. The lowest BCUT2D eigenvalue weighted by Gasteiger charge is -2.19. The monoisotopic (exact) mass is 285 g/mol. The molecule has 0 saturated carbocycles. The van der Waals surface area contributed by atoms with Gasteiger partial charge in [-0.25, -0.2) is 4.98 Å². The molecule has 1 atom stereocenters. The molecule has 1 N–H and O–H groups in total. The lowest BCUT2D eigenvalue weighted by atomic mass is 10.0. The van der Waals surface area contributed by atoms with E-state index in [4.69, 9.17) is 0 Å². The van der Waals surface area contributed by atoms with Gasteiger partial charge in [0.15, 0.2) is 0 Å².